The Hall–Kier alpha value is -2.91. The van der Waals surface area contributed by atoms with E-state index in [-0.39, 0.29) is 11.7 Å². The van der Waals surface area contributed by atoms with E-state index in [2.05, 4.69) is 39.2 Å². The normalized spacial score (nSPS) is 21.0. The average molecular weight is 464 g/mol. The molecule has 0 aliphatic heterocycles. The monoisotopic (exact) mass is 463 g/mol. The van der Waals surface area contributed by atoms with Crippen LogP contribution in [0, 0.1) is 17.2 Å². The number of carbonyl (C=O) groups is 1. The summed E-state index contributed by atoms with van der Waals surface area (Å²) in [5, 5.41) is 12.6. The van der Waals surface area contributed by atoms with Crippen LogP contribution in [0.2, 0.25) is 0 Å². The van der Waals surface area contributed by atoms with Gasteiger partial charge < -0.3 is 9.73 Å². The summed E-state index contributed by atoms with van der Waals surface area (Å²) in [5.41, 5.74) is 1.73. The number of nitrogens with one attached hydrogen (secondary N) is 1. The van der Waals surface area contributed by atoms with Gasteiger partial charge in [0.2, 0.25) is 0 Å². The number of hydrogen-bond acceptors (Lipinski definition) is 4. The van der Waals surface area contributed by atoms with E-state index >= 15 is 0 Å². The minimum absolute atomic E-state index is 0.228. The van der Waals surface area contributed by atoms with Crippen LogP contribution >= 0.6 is 15.9 Å². The van der Waals surface area contributed by atoms with Crippen molar-refractivity contribution in [2.45, 2.75) is 38.0 Å². The van der Waals surface area contributed by atoms with Gasteiger partial charge >= 0.3 is 0 Å². The molecule has 0 spiro atoms. The summed E-state index contributed by atoms with van der Waals surface area (Å²) in [6.45, 7) is 2.23. The third kappa shape index (κ3) is 4.17. The van der Waals surface area contributed by atoms with Crippen molar-refractivity contribution in [3.8, 4) is 17.4 Å². The maximum absolute atomic E-state index is 12.6. The SMILES string of the molecule is CC1CCC(C#N)(c2ccc(NC(=O)c3ccc(-c4ccc(Br)cc4)o3)cn2)CC1. The van der Waals surface area contributed by atoms with Gasteiger partial charge in [-0.25, -0.2) is 0 Å². The number of benzene rings is 1. The lowest BCUT2D eigenvalue weighted by atomic mass is 9.70. The van der Waals surface area contributed by atoms with Crippen molar-refractivity contribution < 1.29 is 9.21 Å². The van der Waals surface area contributed by atoms with Crippen LogP contribution in [-0.4, -0.2) is 10.9 Å². The Morgan fingerprint density at radius 3 is 2.53 bits per heavy atom. The van der Waals surface area contributed by atoms with E-state index < -0.39 is 5.41 Å². The minimum Gasteiger partial charge on any atom is -0.451 e. The van der Waals surface area contributed by atoms with Crippen LogP contribution in [0.1, 0.15) is 48.9 Å². The lowest BCUT2D eigenvalue weighted by Gasteiger charge is -2.33. The van der Waals surface area contributed by atoms with Crippen LogP contribution in [0.5, 0.6) is 0 Å². The summed E-state index contributed by atoms with van der Waals surface area (Å²) in [7, 11) is 0. The molecule has 6 heteroatoms. The van der Waals surface area contributed by atoms with E-state index in [1.165, 1.54) is 0 Å². The zero-order valence-electron chi connectivity index (χ0n) is 16.7. The molecule has 1 saturated carbocycles. The van der Waals surface area contributed by atoms with Gasteiger partial charge in [-0.1, -0.05) is 35.0 Å². The van der Waals surface area contributed by atoms with Gasteiger partial charge in [0.1, 0.15) is 5.76 Å². The van der Waals surface area contributed by atoms with E-state index in [4.69, 9.17) is 4.42 Å². The second-order valence-electron chi connectivity index (χ2n) is 7.93. The number of halogens is 1. The van der Waals surface area contributed by atoms with Crippen molar-refractivity contribution in [2.75, 3.05) is 5.32 Å². The molecule has 0 radical (unpaired) electrons. The summed E-state index contributed by atoms with van der Waals surface area (Å²) < 4.78 is 6.69. The molecule has 0 bridgehead atoms. The highest BCUT2D eigenvalue weighted by molar-refractivity contribution is 9.10. The summed E-state index contributed by atoms with van der Waals surface area (Å²) in [6, 6.07) is 17.3. The Labute approximate surface area is 184 Å². The first-order valence-corrected chi connectivity index (χ1v) is 10.8. The molecule has 152 valence electrons. The minimum atomic E-state index is -0.518. The van der Waals surface area contributed by atoms with Crippen molar-refractivity contribution in [1.82, 2.24) is 4.98 Å². The second-order valence-corrected chi connectivity index (χ2v) is 8.85. The molecule has 2 heterocycles. The third-order valence-electron chi connectivity index (χ3n) is 5.81. The number of anilines is 1. The number of amides is 1. The molecule has 0 unspecified atom stereocenters. The molecule has 1 fully saturated rings. The van der Waals surface area contributed by atoms with Gasteiger partial charge in [0.15, 0.2) is 5.76 Å². The molecule has 3 aromatic rings. The topological polar surface area (TPSA) is 78.9 Å². The van der Waals surface area contributed by atoms with Gasteiger partial charge in [0.25, 0.3) is 5.91 Å². The third-order valence-corrected chi connectivity index (χ3v) is 6.34. The molecule has 5 nitrogen and oxygen atoms in total. The smallest absolute Gasteiger partial charge is 0.291 e. The van der Waals surface area contributed by atoms with Crippen LogP contribution in [0.15, 0.2) is 63.6 Å². The van der Waals surface area contributed by atoms with Gasteiger partial charge in [-0.15, -0.1) is 0 Å². The van der Waals surface area contributed by atoms with Crippen molar-refractivity contribution in [3.63, 3.8) is 0 Å². The number of pyridine rings is 1. The van der Waals surface area contributed by atoms with Crippen LogP contribution in [0.4, 0.5) is 5.69 Å². The van der Waals surface area contributed by atoms with Crippen LogP contribution < -0.4 is 5.32 Å². The number of furan rings is 1. The zero-order valence-corrected chi connectivity index (χ0v) is 18.3. The predicted octanol–water partition coefficient (Wildman–Crippen LogP) is 6.33. The first-order valence-electron chi connectivity index (χ1n) is 10.0. The highest BCUT2D eigenvalue weighted by atomic mass is 79.9. The molecule has 1 aliphatic rings. The van der Waals surface area contributed by atoms with Crippen molar-refractivity contribution in [3.05, 3.63) is 70.7 Å². The summed E-state index contributed by atoms with van der Waals surface area (Å²) >= 11 is 3.41. The van der Waals surface area contributed by atoms with E-state index in [0.717, 1.165) is 41.4 Å². The quantitative estimate of drug-likeness (QED) is 0.490. The van der Waals surface area contributed by atoms with Gasteiger partial charge in [-0.2, -0.15) is 5.26 Å². The molecule has 1 amide bonds. The maximum atomic E-state index is 12.6. The number of hydrogen-bond donors (Lipinski definition) is 1. The van der Waals surface area contributed by atoms with Crippen LogP contribution in [0.3, 0.4) is 0 Å². The molecule has 30 heavy (non-hydrogen) atoms. The second kappa shape index (κ2) is 8.45. The van der Waals surface area contributed by atoms with E-state index in [1.54, 1.807) is 24.4 Å². The summed E-state index contributed by atoms with van der Waals surface area (Å²) in [4.78, 5) is 17.1. The predicted molar refractivity (Wildman–Crippen MR) is 119 cm³/mol. The zero-order chi connectivity index (χ0) is 21.1. The fourth-order valence-electron chi connectivity index (χ4n) is 3.85. The lowest BCUT2D eigenvalue weighted by Crippen LogP contribution is -2.30. The number of nitrogens with zero attached hydrogens (tertiary/aromatic N) is 2. The van der Waals surface area contributed by atoms with Crippen LogP contribution in [0.25, 0.3) is 11.3 Å². The Bertz CT molecular complexity index is 1070. The fraction of sp³-hybridized carbons (Fsp3) is 0.292. The Kier molecular flexibility index (Phi) is 5.74. The molecule has 1 aromatic carbocycles. The molecule has 0 saturated heterocycles. The lowest BCUT2D eigenvalue weighted by molar-refractivity contribution is 0.0997. The highest BCUT2D eigenvalue weighted by Crippen LogP contribution is 2.40. The van der Waals surface area contributed by atoms with E-state index in [0.29, 0.717) is 17.4 Å². The average Bonchev–Trinajstić information content (AvgIpc) is 3.26. The van der Waals surface area contributed by atoms with Gasteiger partial charge in [-0.3, -0.25) is 9.78 Å². The van der Waals surface area contributed by atoms with E-state index in [1.807, 2.05) is 30.3 Å². The molecule has 1 aliphatic carbocycles. The number of rotatable bonds is 4. The van der Waals surface area contributed by atoms with E-state index in [9.17, 15) is 10.1 Å². The van der Waals surface area contributed by atoms with Gasteiger partial charge in [0, 0.05) is 10.0 Å². The van der Waals surface area contributed by atoms with Crippen molar-refractivity contribution in [2.24, 2.45) is 5.92 Å². The molecular formula is C24H22BrN3O2. The maximum Gasteiger partial charge on any atom is 0.291 e. The summed E-state index contributed by atoms with van der Waals surface area (Å²) in [6.07, 6.45) is 5.34. The number of carbonyl (C=O) groups excluding carboxylic acids is 1. The summed E-state index contributed by atoms with van der Waals surface area (Å²) in [5.74, 6) is 1.17. The Morgan fingerprint density at radius 1 is 1.17 bits per heavy atom. The molecular weight excluding hydrogens is 442 g/mol. The highest BCUT2D eigenvalue weighted by Gasteiger charge is 2.37. The molecule has 2 aromatic heterocycles. The largest absolute Gasteiger partial charge is 0.451 e. The molecule has 0 atom stereocenters. The first kappa shape index (κ1) is 20.4. The van der Waals surface area contributed by atoms with Crippen molar-refractivity contribution in [1.29, 1.82) is 5.26 Å². The fourth-order valence-corrected chi connectivity index (χ4v) is 4.12. The Morgan fingerprint density at radius 2 is 1.90 bits per heavy atom. The Balaban J connectivity index is 1.45. The molecule has 1 N–H and O–H groups in total. The van der Waals surface area contributed by atoms with Crippen LogP contribution in [-0.2, 0) is 5.41 Å². The van der Waals surface area contributed by atoms with Gasteiger partial charge in [0.05, 0.1) is 29.1 Å². The molecule has 4 rings (SSSR count). The van der Waals surface area contributed by atoms with Gasteiger partial charge in [-0.05, 0) is 68.0 Å². The van der Waals surface area contributed by atoms with Crippen molar-refractivity contribution >= 4 is 27.5 Å². The standard InChI is InChI=1S/C24H22BrN3O2/c1-16-10-12-24(15-26,13-11-16)22-9-6-19(14-27-22)28-23(29)21-8-7-20(30-21)17-2-4-18(25)5-3-17/h2-9,14,16H,10-13H2,1H3,(H,28,29). The number of nitriles is 1. The number of aromatic nitrogens is 1. The first-order chi connectivity index (χ1) is 14.5.